The first-order chi connectivity index (χ1) is 8.29. The molecule has 1 unspecified atom stereocenters. The number of hydrogen-bond acceptors (Lipinski definition) is 3. The lowest BCUT2D eigenvalue weighted by Gasteiger charge is -2.22. The zero-order valence-electron chi connectivity index (χ0n) is 10.9. The number of likely N-dealkylation sites (tertiary alicyclic amines) is 1. The van der Waals surface area contributed by atoms with Gasteiger partial charge in [0.1, 0.15) is 0 Å². The Morgan fingerprint density at radius 3 is 3.00 bits per heavy atom. The van der Waals surface area contributed by atoms with Crippen LogP contribution < -0.4 is 10.6 Å². The molecule has 0 aromatic rings. The first-order valence-corrected chi connectivity index (χ1v) is 7.00. The molecule has 98 valence electrons. The van der Waals surface area contributed by atoms with E-state index in [0.717, 1.165) is 45.6 Å². The Kier molecular flexibility index (Phi) is 4.80. The number of nitrogens with zero attached hydrogens (tertiary/aromatic N) is 1. The molecule has 2 aliphatic rings. The van der Waals surface area contributed by atoms with Gasteiger partial charge in [0.25, 0.3) is 0 Å². The van der Waals surface area contributed by atoms with Gasteiger partial charge in [-0.05, 0) is 44.8 Å². The summed E-state index contributed by atoms with van der Waals surface area (Å²) >= 11 is 0. The third-order valence-electron chi connectivity index (χ3n) is 4.05. The molecule has 0 aromatic carbocycles. The van der Waals surface area contributed by atoms with Gasteiger partial charge in [-0.3, -0.25) is 4.79 Å². The molecule has 4 nitrogen and oxygen atoms in total. The Bertz CT molecular complexity index is 251. The van der Waals surface area contributed by atoms with E-state index >= 15 is 0 Å². The summed E-state index contributed by atoms with van der Waals surface area (Å²) in [6, 6.07) is 0. The Hall–Kier alpha value is -0.610. The van der Waals surface area contributed by atoms with Crippen molar-refractivity contribution < 1.29 is 4.79 Å². The van der Waals surface area contributed by atoms with E-state index in [1.807, 2.05) is 0 Å². The molecule has 2 rings (SSSR count). The van der Waals surface area contributed by atoms with Crippen LogP contribution in [-0.2, 0) is 4.79 Å². The zero-order chi connectivity index (χ0) is 12.1. The van der Waals surface area contributed by atoms with Gasteiger partial charge in [0.05, 0.1) is 5.92 Å². The van der Waals surface area contributed by atoms with Crippen LogP contribution in [0.3, 0.4) is 0 Å². The number of nitrogens with one attached hydrogen (secondary N) is 2. The summed E-state index contributed by atoms with van der Waals surface area (Å²) in [6.07, 6.45) is 3.41. The molecule has 0 radical (unpaired) electrons. The van der Waals surface area contributed by atoms with E-state index in [9.17, 15) is 4.79 Å². The molecule has 1 amide bonds. The van der Waals surface area contributed by atoms with Gasteiger partial charge in [-0.2, -0.15) is 0 Å². The average molecular weight is 239 g/mol. The van der Waals surface area contributed by atoms with Crippen molar-refractivity contribution in [2.45, 2.75) is 26.2 Å². The van der Waals surface area contributed by atoms with Crippen molar-refractivity contribution in [3.63, 3.8) is 0 Å². The first kappa shape index (κ1) is 12.8. The van der Waals surface area contributed by atoms with Crippen molar-refractivity contribution in [3.05, 3.63) is 0 Å². The van der Waals surface area contributed by atoms with Gasteiger partial charge in [0.15, 0.2) is 0 Å². The van der Waals surface area contributed by atoms with E-state index in [2.05, 4.69) is 22.5 Å². The number of rotatable bonds is 4. The van der Waals surface area contributed by atoms with Crippen LogP contribution in [0.5, 0.6) is 0 Å². The predicted molar refractivity (Wildman–Crippen MR) is 68.8 cm³/mol. The SMILES string of the molecule is CCN1CCC(CNC(=O)[C@@H]2CCCNC2)C1. The lowest BCUT2D eigenvalue weighted by molar-refractivity contribution is -0.125. The maximum Gasteiger partial charge on any atom is 0.224 e. The van der Waals surface area contributed by atoms with Gasteiger partial charge in [0.2, 0.25) is 5.91 Å². The molecule has 4 heteroatoms. The zero-order valence-corrected chi connectivity index (χ0v) is 10.9. The largest absolute Gasteiger partial charge is 0.355 e. The minimum Gasteiger partial charge on any atom is -0.355 e. The average Bonchev–Trinajstić information content (AvgIpc) is 2.85. The normalized spacial score (nSPS) is 30.4. The van der Waals surface area contributed by atoms with Crippen molar-refractivity contribution in [1.82, 2.24) is 15.5 Å². The molecule has 0 spiro atoms. The quantitative estimate of drug-likeness (QED) is 0.748. The van der Waals surface area contributed by atoms with Crippen LogP contribution in [0.4, 0.5) is 0 Å². The highest BCUT2D eigenvalue weighted by Gasteiger charge is 2.24. The standard InChI is InChI=1S/C13H25N3O/c1-2-16-7-5-11(10-16)8-15-13(17)12-4-3-6-14-9-12/h11-12,14H,2-10H2,1H3,(H,15,17)/t11?,12-/m1/s1. The highest BCUT2D eigenvalue weighted by Crippen LogP contribution is 2.15. The van der Waals surface area contributed by atoms with Crippen LogP contribution in [0.25, 0.3) is 0 Å². The third-order valence-corrected chi connectivity index (χ3v) is 4.05. The molecule has 2 heterocycles. The monoisotopic (exact) mass is 239 g/mol. The summed E-state index contributed by atoms with van der Waals surface area (Å²) in [7, 11) is 0. The Morgan fingerprint density at radius 1 is 1.47 bits per heavy atom. The fraction of sp³-hybridized carbons (Fsp3) is 0.923. The molecule has 2 aliphatic heterocycles. The topological polar surface area (TPSA) is 44.4 Å². The van der Waals surface area contributed by atoms with Crippen LogP contribution >= 0.6 is 0 Å². The number of piperidine rings is 1. The van der Waals surface area contributed by atoms with Crippen LogP contribution in [0.1, 0.15) is 26.2 Å². The minimum absolute atomic E-state index is 0.201. The lowest BCUT2D eigenvalue weighted by atomic mass is 9.98. The molecule has 2 N–H and O–H groups in total. The van der Waals surface area contributed by atoms with Crippen LogP contribution in [0.2, 0.25) is 0 Å². The molecule has 17 heavy (non-hydrogen) atoms. The Balaban J connectivity index is 1.65. The number of hydrogen-bond donors (Lipinski definition) is 2. The molecule has 2 fully saturated rings. The maximum atomic E-state index is 11.9. The second-order valence-corrected chi connectivity index (χ2v) is 5.34. The second kappa shape index (κ2) is 6.36. The van der Waals surface area contributed by atoms with Crippen LogP contribution in [-0.4, -0.2) is 50.1 Å². The molecule has 0 aromatic heterocycles. The molecule has 0 aliphatic carbocycles. The summed E-state index contributed by atoms with van der Waals surface area (Å²) in [5, 5.41) is 6.42. The van der Waals surface area contributed by atoms with Crippen molar-refractivity contribution in [2.24, 2.45) is 11.8 Å². The van der Waals surface area contributed by atoms with E-state index in [1.165, 1.54) is 13.0 Å². The third kappa shape index (κ3) is 3.68. The van der Waals surface area contributed by atoms with Gasteiger partial charge >= 0.3 is 0 Å². The maximum absolute atomic E-state index is 11.9. The van der Waals surface area contributed by atoms with E-state index in [4.69, 9.17) is 0 Å². The number of amides is 1. The summed E-state index contributed by atoms with van der Waals surface area (Å²) < 4.78 is 0. The summed E-state index contributed by atoms with van der Waals surface area (Å²) in [5.41, 5.74) is 0. The fourth-order valence-electron chi connectivity index (χ4n) is 2.83. The van der Waals surface area contributed by atoms with Gasteiger partial charge in [-0.15, -0.1) is 0 Å². The predicted octanol–water partition coefficient (Wildman–Crippen LogP) is 0.444. The lowest BCUT2D eigenvalue weighted by Crippen LogP contribution is -2.42. The minimum atomic E-state index is 0.201. The van der Waals surface area contributed by atoms with Crippen molar-refractivity contribution >= 4 is 5.91 Å². The fourth-order valence-corrected chi connectivity index (χ4v) is 2.83. The van der Waals surface area contributed by atoms with Crippen molar-refractivity contribution in [3.8, 4) is 0 Å². The number of carbonyl (C=O) groups is 1. The van der Waals surface area contributed by atoms with E-state index in [1.54, 1.807) is 0 Å². The molecular weight excluding hydrogens is 214 g/mol. The highest BCUT2D eigenvalue weighted by atomic mass is 16.1. The molecular formula is C13H25N3O. The summed E-state index contributed by atoms with van der Waals surface area (Å²) in [6.45, 7) is 8.48. The van der Waals surface area contributed by atoms with E-state index in [0.29, 0.717) is 5.92 Å². The van der Waals surface area contributed by atoms with Gasteiger partial charge in [-0.1, -0.05) is 6.92 Å². The number of carbonyl (C=O) groups excluding carboxylic acids is 1. The van der Waals surface area contributed by atoms with Crippen LogP contribution in [0, 0.1) is 11.8 Å². The molecule has 2 atom stereocenters. The first-order valence-electron chi connectivity index (χ1n) is 7.00. The molecule has 0 bridgehead atoms. The second-order valence-electron chi connectivity index (χ2n) is 5.34. The van der Waals surface area contributed by atoms with Gasteiger partial charge < -0.3 is 15.5 Å². The van der Waals surface area contributed by atoms with Crippen LogP contribution in [0.15, 0.2) is 0 Å². The van der Waals surface area contributed by atoms with E-state index in [-0.39, 0.29) is 11.8 Å². The Labute approximate surface area is 104 Å². The smallest absolute Gasteiger partial charge is 0.224 e. The molecule has 0 saturated carbocycles. The van der Waals surface area contributed by atoms with Crippen molar-refractivity contribution in [2.75, 3.05) is 39.3 Å². The van der Waals surface area contributed by atoms with Crippen molar-refractivity contribution in [1.29, 1.82) is 0 Å². The molecule has 2 saturated heterocycles. The Morgan fingerprint density at radius 2 is 2.35 bits per heavy atom. The van der Waals surface area contributed by atoms with Gasteiger partial charge in [0, 0.05) is 19.6 Å². The highest BCUT2D eigenvalue weighted by molar-refractivity contribution is 5.78. The summed E-state index contributed by atoms with van der Waals surface area (Å²) in [4.78, 5) is 14.4. The summed E-state index contributed by atoms with van der Waals surface area (Å²) in [5.74, 6) is 1.12. The van der Waals surface area contributed by atoms with Gasteiger partial charge in [-0.25, -0.2) is 0 Å². The van der Waals surface area contributed by atoms with E-state index < -0.39 is 0 Å².